The van der Waals surface area contributed by atoms with Gasteiger partial charge < -0.3 is 0 Å². The highest BCUT2D eigenvalue weighted by atomic mass is 14.1. The van der Waals surface area contributed by atoms with Crippen LogP contribution in [0.2, 0.25) is 0 Å². The molecule has 0 spiro atoms. The zero-order valence-electron chi connectivity index (χ0n) is 5.28. The minimum atomic E-state index is 1.21. The quantitative estimate of drug-likeness (QED) is 0.484. The average Bonchev–Trinajstić information content (AvgIpc) is 2.33. The maximum atomic E-state index is 3.22. The largest absolute Gasteiger partial charge is 0.0535 e. The summed E-state index contributed by atoms with van der Waals surface area (Å²) in [6, 6.07) is 10.3. The van der Waals surface area contributed by atoms with E-state index >= 15 is 0 Å². The molecule has 1 aliphatic rings. The van der Waals surface area contributed by atoms with E-state index in [0.717, 1.165) is 0 Å². The third kappa shape index (κ3) is 0.748. The molecule has 1 aliphatic carbocycles. The van der Waals surface area contributed by atoms with Crippen molar-refractivity contribution in [1.82, 2.24) is 0 Å². The van der Waals surface area contributed by atoms with E-state index < -0.39 is 0 Å². The van der Waals surface area contributed by atoms with Crippen molar-refractivity contribution in [3.05, 3.63) is 35.4 Å². The van der Waals surface area contributed by atoms with Crippen LogP contribution < -0.4 is 0 Å². The minimum Gasteiger partial charge on any atom is -0.0535 e. The second-order valence-electron chi connectivity index (χ2n) is 2.43. The lowest BCUT2D eigenvalue weighted by molar-refractivity contribution is 0.911. The second kappa shape index (κ2) is 1.87. The summed E-state index contributed by atoms with van der Waals surface area (Å²) < 4.78 is 0. The van der Waals surface area contributed by atoms with Gasteiger partial charge in [-0.05, 0) is 42.5 Å². The summed E-state index contributed by atoms with van der Waals surface area (Å²) in [5.74, 6) is 0. The Morgan fingerprint density at radius 1 is 1.00 bits per heavy atom. The molecule has 2 radical (unpaired) electrons. The normalized spacial score (nSPS) is 15.6. The van der Waals surface area contributed by atoms with E-state index in [1.54, 1.807) is 0 Å². The number of fused-ring (bicyclic) bond motifs is 1. The van der Waals surface area contributed by atoms with E-state index in [0.29, 0.717) is 0 Å². The van der Waals surface area contributed by atoms with Gasteiger partial charge in [0.1, 0.15) is 0 Å². The second-order valence-corrected chi connectivity index (χ2v) is 2.43. The van der Waals surface area contributed by atoms with Gasteiger partial charge in [-0.1, -0.05) is 12.1 Å². The molecule has 0 atom stereocenters. The Hall–Kier alpha value is -0.780. The van der Waals surface area contributed by atoms with E-state index in [1.165, 1.54) is 30.4 Å². The molecular weight excluding hydrogens is 108 g/mol. The topological polar surface area (TPSA) is 0 Å². The molecule has 1 aromatic rings. The molecule has 0 saturated carbocycles. The van der Waals surface area contributed by atoms with E-state index in [-0.39, 0.29) is 0 Å². The lowest BCUT2D eigenvalue weighted by Crippen LogP contribution is -1.78. The van der Waals surface area contributed by atoms with Crippen LogP contribution in [0.25, 0.3) is 0 Å². The van der Waals surface area contributed by atoms with Crippen molar-refractivity contribution in [3.63, 3.8) is 0 Å². The molecule has 0 saturated heterocycles. The minimum absolute atomic E-state index is 1.21. The monoisotopic (exact) mass is 116 g/mol. The van der Waals surface area contributed by atoms with Gasteiger partial charge in [-0.2, -0.15) is 0 Å². The molecular formula is C9H8. The first kappa shape index (κ1) is 5.04. The SMILES string of the molecule is [c]1cc[c]c2c1CCC2. The molecule has 0 aromatic heterocycles. The van der Waals surface area contributed by atoms with E-state index in [4.69, 9.17) is 0 Å². The van der Waals surface area contributed by atoms with Gasteiger partial charge in [-0.3, -0.25) is 0 Å². The van der Waals surface area contributed by atoms with Crippen molar-refractivity contribution in [3.8, 4) is 0 Å². The van der Waals surface area contributed by atoms with Crippen LogP contribution in [-0.2, 0) is 12.8 Å². The summed E-state index contributed by atoms with van der Waals surface area (Å²) in [4.78, 5) is 0. The Balaban J connectivity index is 2.54. The molecule has 0 fully saturated rings. The fraction of sp³-hybridized carbons (Fsp3) is 0.333. The van der Waals surface area contributed by atoms with Crippen molar-refractivity contribution in [2.24, 2.45) is 0 Å². The Bertz CT molecular complexity index is 190. The first-order valence-corrected chi connectivity index (χ1v) is 3.37. The zero-order valence-corrected chi connectivity index (χ0v) is 5.28. The van der Waals surface area contributed by atoms with Gasteiger partial charge in [0.2, 0.25) is 0 Å². The van der Waals surface area contributed by atoms with Crippen LogP contribution >= 0.6 is 0 Å². The molecule has 44 valence electrons. The van der Waals surface area contributed by atoms with Gasteiger partial charge in [0, 0.05) is 0 Å². The predicted octanol–water partition coefficient (Wildman–Crippen LogP) is 1.78. The molecule has 9 heavy (non-hydrogen) atoms. The molecule has 0 heteroatoms. The van der Waals surface area contributed by atoms with Crippen LogP contribution in [0.1, 0.15) is 17.5 Å². The van der Waals surface area contributed by atoms with Crippen LogP contribution in [0, 0.1) is 12.1 Å². The summed E-state index contributed by atoms with van der Waals surface area (Å²) in [5.41, 5.74) is 2.77. The van der Waals surface area contributed by atoms with Gasteiger partial charge in [0.05, 0.1) is 0 Å². The van der Waals surface area contributed by atoms with E-state index in [1.807, 2.05) is 12.1 Å². The van der Waals surface area contributed by atoms with Gasteiger partial charge in [-0.15, -0.1) is 0 Å². The summed E-state index contributed by atoms with van der Waals surface area (Å²) in [7, 11) is 0. The summed E-state index contributed by atoms with van der Waals surface area (Å²) in [6.45, 7) is 0. The zero-order chi connectivity index (χ0) is 6.10. The van der Waals surface area contributed by atoms with Crippen LogP contribution in [0.3, 0.4) is 0 Å². The predicted molar refractivity (Wildman–Crippen MR) is 36.1 cm³/mol. The lowest BCUT2D eigenvalue weighted by Gasteiger charge is -1.91. The molecule has 0 amide bonds. The summed E-state index contributed by atoms with van der Waals surface area (Å²) in [5, 5.41) is 0. The number of rotatable bonds is 0. The Labute approximate surface area is 55.5 Å². The van der Waals surface area contributed by atoms with Crippen LogP contribution in [0.15, 0.2) is 12.1 Å². The van der Waals surface area contributed by atoms with Gasteiger partial charge in [-0.25, -0.2) is 0 Å². The standard InChI is InChI=1S/C9H8/c1-2-5-9-7-3-6-8(9)4-1/h1-2H,3,6-7H2. The van der Waals surface area contributed by atoms with Crippen LogP contribution in [-0.4, -0.2) is 0 Å². The molecule has 0 bridgehead atoms. The van der Waals surface area contributed by atoms with Crippen molar-refractivity contribution in [2.45, 2.75) is 19.3 Å². The highest BCUT2D eigenvalue weighted by Crippen LogP contribution is 2.19. The molecule has 1 aromatic carbocycles. The molecule has 0 aliphatic heterocycles. The number of hydrogen-bond acceptors (Lipinski definition) is 0. The maximum absolute atomic E-state index is 3.22. The Kier molecular flexibility index (Phi) is 1.05. The third-order valence-electron chi connectivity index (χ3n) is 1.82. The fourth-order valence-electron chi connectivity index (χ4n) is 1.35. The number of aryl methyl sites for hydroxylation is 2. The Morgan fingerprint density at radius 2 is 1.56 bits per heavy atom. The Morgan fingerprint density at radius 3 is 2.11 bits per heavy atom. The summed E-state index contributed by atoms with van der Waals surface area (Å²) >= 11 is 0. The highest BCUT2D eigenvalue weighted by molar-refractivity contribution is 5.28. The molecule has 0 unspecified atom stereocenters. The lowest BCUT2D eigenvalue weighted by atomic mass is 10.1. The molecule has 0 nitrogen and oxygen atoms in total. The van der Waals surface area contributed by atoms with Crippen LogP contribution in [0.4, 0.5) is 0 Å². The third-order valence-corrected chi connectivity index (χ3v) is 1.82. The van der Waals surface area contributed by atoms with Crippen molar-refractivity contribution < 1.29 is 0 Å². The average molecular weight is 116 g/mol. The van der Waals surface area contributed by atoms with Gasteiger partial charge in [0.25, 0.3) is 0 Å². The van der Waals surface area contributed by atoms with Crippen LogP contribution in [0.5, 0.6) is 0 Å². The van der Waals surface area contributed by atoms with Crippen molar-refractivity contribution in [1.29, 1.82) is 0 Å². The fourth-order valence-corrected chi connectivity index (χ4v) is 1.35. The van der Waals surface area contributed by atoms with Crippen molar-refractivity contribution in [2.75, 3.05) is 0 Å². The van der Waals surface area contributed by atoms with E-state index in [2.05, 4.69) is 12.1 Å². The molecule has 0 heterocycles. The molecule has 2 rings (SSSR count). The van der Waals surface area contributed by atoms with Gasteiger partial charge >= 0.3 is 0 Å². The van der Waals surface area contributed by atoms with Gasteiger partial charge in [0.15, 0.2) is 0 Å². The van der Waals surface area contributed by atoms with E-state index in [9.17, 15) is 0 Å². The number of benzene rings is 1. The maximum Gasteiger partial charge on any atom is -0.0146 e. The van der Waals surface area contributed by atoms with Crippen molar-refractivity contribution >= 4 is 0 Å². The smallest absolute Gasteiger partial charge is 0.0146 e. The summed E-state index contributed by atoms with van der Waals surface area (Å²) in [6.07, 6.45) is 3.73. The highest BCUT2D eigenvalue weighted by Gasteiger charge is 2.08. The number of hydrogen-bond donors (Lipinski definition) is 0. The first-order valence-electron chi connectivity index (χ1n) is 3.37. The molecule has 0 N–H and O–H groups in total. The first-order chi connectivity index (χ1) is 4.47.